The van der Waals surface area contributed by atoms with Gasteiger partial charge in [0.2, 0.25) is 0 Å². The predicted molar refractivity (Wildman–Crippen MR) is 67.3 cm³/mol. The molecule has 2 aromatic rings. The van der Waals surface area contributed by atoms with Crippen LogP contribution in [-0.2, 0) is 11.2 Å². The molecule has 0 aliphatic carbocycles. The lowest BCUT2D eigenvalue weighted by molar-refractivity contribution is -0.138. The summed E-state index contributed by atoms with van der Waals surface area (Å²) in [4.78, 5) is 15.5. The number of benzene rings is 1. The van der Waals surface area contributed by atoms with Crippen molar-refractivity contribution in [3.8, 4) is 0 Å². The monoisotopic (exact) mass is 265 g/mol. The maximum Gasteiger partial charge on any atom is 0.313 e. The Hall–Kier alpha value is -1.75. The number of nitrogens with zero attached hydrogens (tertiary/aromatic N) is 1. The molecule has 0 radical (unpaired) electrons. The number of aliphatic carboxylic acids is 1. The molecule has 0 saturated heterocycles. The van der Waals surface area contributed by atoms with Gasteiger partial charge in [-0.05, 0) is 31.0 Å². The van der Waals surface area contributed by atoms with E-state index in [-0.39, 0.29) is 5.82 Å². The summed E-state index contributed by atoms with van der Waals surface area (Å²) < 4.78 is 12.8. The van der Waals surface area contributed by atoms with E-state index in [1.165, 1.54) is 23.5 Å². The average Bonchev–Trinajstić information content (AvgIpc) is 2.74. The summed E-state index contributed by atoms with van der Waals surface area (Å²) in [5, 5.41) is 11.7. The van der Waals surface area contributed by atoms with E-state index >= 15 is 0 Å². The number of carboxylic acid groups (broad SMARTS) is 1. The van der Waals surface area contributed by atoms with Gasteiger partial charge in [-0.25, -0.2) is 9.37 Å². The van der Waals surface area contributed by atoms with Crippen molar-refractivity contribution in [3.05, 3.63) is 51.7 Å². The van der Waals surface area contributed by atoms with Gasteiger partial charge in [0.05, 0.1) is 0 Å². The molecule has 2 rings (SSSR count). The van der Waals surface area contributed by atoms with Crippen LogP contribution < -0.4 is 0 Å². The predicted octanol–water partition coefficient (Wildman–Crippen LogP) is 3.00. The number of thiazole rings is 1. The maximum atomic E-state index is 12.8. The molecule has 1 aromatic heterocycles. The van der Waals surface area contributed by atoms with Crippen LogP contribution in [0.1, 0.15) is 22.2 Å². The van der Waals surface area contributed by atoms with Crippen molar-refractivity contribution in [2.45, 2.75) is 19.3 Å². The number of hydrogen-bond donors (Lipinski definition) is 1. The van der Waals surface area contributed by atoms with Crippen molar-refractivity contribution in [2.75, 3.05) is 0 Å². The Balaban J connectivity index is 2.22. The Morgan fingerprint density at radius 1 is 1.44 bits per heavy atom. The van der Waals surface area contributed by atoms with E-state index in [9.17, 15) is 14.3 Å². The SMILES string of the molecule is Cc1csc(C(Cc2ccc(F)cc2)C(=O)O)n1. The van der Waals surface area contributed by atoms with Gasteiger partial charge in [0.1, 0.15) is 16.7 Å². The summed E-state index contributed by atoms with van der Waals surface area (Å²) in [7, 11) is 0. The fourth-order valence-electron chi connectivity index (χ4n) is 1.67. The summed E-state index contributed by atoms with van der Waals surface area (Å²) in [6, 6.07) is 5.88. The third-order valence-electron chi connectivity index (χ3n) is 2.59. The first-order valence-corrected chi connectivity index (χ1v) is 6.33. The molecule has 1 unspecified atom stereocenters. The molecule has 1 aromatic carbocycles. The van der Waals surface area contributed by atoms with Gasteiger partial charge in [-0.15, -0.1) is 11.3 Å². The lowest BCUT2D eigenvalue weighted by Crippen LogP contribution is -2.14. The molecule has 0 fully saturated rings. The highest BCUT2D eigenvalue weighted by Gasteiger charge is 2.23. The molecule has 0 amide bonds. The topological polar surface area (TPSA) is 50.2 Å². The van der Waals surface area contributed by atoms with E-state index in [0.717, 1.165) is 11.3 Å². The molecule has 94 valence electrons. The molecular formula is C13H12FNO2S. The van der Waals surface area contributed by atoms with Crippen LogP contribution in [0.3, 0.4) is 0 Å². The van der Waals surface area contributed by atoms with Gasteiger partial charge in [0, 0.05) is 11.1 Å². The molecule has 0 aliphatic heterocycles. The highest BCUT2D eigenvalue weighted by molar-refractivity contribution is 7.09. The molecular weight excluding hydrogens is 253 g/mol. The smallest absolute Gasteiger partial charge is 0.313 e. The third kappa shape index (κ3) is 2.92. The van der Waals surface area contributed by atoms with Crippen LogP contribution in [0.15, 0.2) is 29.6 Å². The molecule has 1 N–H and O–H groups in total. The van der Waals surface area contributed by atoms with E-state index in [0.29, 0.717) is 11.4 Å². The lowest BCUT2D eigenvalue weighted by Gasteiger charge is -2.09. The highest BCUT2D eigenvalue weighted by atomic mass is 32.1. The molecule has 1 heterocycles. The van der Waals surface area contributed by atoms with Crippen LogP contribution in [0.5, 0.6) is 0 Å². The van der Waals surface area contributed by atoms with Crippen LogP contribution in [-0.4, -0.2) is 16.1 Å². The minimum absolute atomic E-state index is 0.322. The second-order valence-electron chi connectivity index (χ2n) is 4.05. The molecule has 0 spiro atoms. The fraction of sp³-hybridized carbons (Fsp3) is 0.231. The quantitative estimate of drug-likeness (QED) is 0.924. The second-order valence-corrected chi connectivity index (χ2v) is 4.94. The number of aryl methyl sites for hydroxylation is 1. The first kappa shape index (κ1) is 12.7. The van der Waals surface area contributed by atoms with Crippen molar-refractivity contribution < 1.29 is 14.3 Å². The Labute approximate surface area is 108 Å². The van der Waals surface area contributed by atoms with Gasteiger partial charge in [-0.1, -0.05) is 12.1 Å². The van der Waals surface area contributed by atoms with Crippen molar-refractivity contribution in [2.24, 2.45) is 0 Å². The van der Waals surface area contributed by atoms with Gasteiger partial charge in [0.25, 0.3) is 0 Å². The Bertz CT molecular complexity index is 550. The fourth-order valence-corrected chi connectivity index (χ4v) is 2.56. The van der Waals surface area contributed by atoms with Crippen LogP contribution >= 0.6 is 11.3 Å². The molecule has 0 bridgehead atoms. The van der Waals surface area contributed by atoms with Gasteiger partial charge < -0.3 is 5.11 Å². The largest absolute Gasteiger partial charge is 0.481 e. The van der Waals surface area contributed by atoms with Crippen molar-refractivity contribution in [1.82, 2.24) is 4.98 Å². The number of hydrogen-bond acceptors (Lipinski definition) is 3. The van der Waals surface area contributed by atoms with Gasteiger partial charge in [-0.3, -0.25) is 4.79 Å². The molecule has 5 heteroatoms. The van der Waals surface area contributed by atoms with E-state index < -0.39 is 11.9 Å². The summed E-state index contributed by atoms with van der Waals surface area (Å²) in [5.41, 5.74) is 1.61. The number of rotatable bonds is 4. The number of carbonyl (C=O) groups is 1. The Morgan fingerprint density at radius 3 is 2.61 bits per heavy atom. The number of halogens is 1. The minimum Gasteiger partial charge on any atom is -0.481 e. The normalized spacial score (nSPS) is 12.3. The first-order chi connectivity index (χ1) is 8.56. The van der Waals surface area contributed by atoms with Crippen LogP contribution in [0.4, 0.5) is 4.39 Å². The van der Waals surface area contributed by atoms with Gasteiger partial charge in [-0.2, -0.15) is 0 Å². The van der Waals surface area contributed by atoms with Crippen LogP contribution in [0.25, 0.3) is 0 Å². The summed E-state index contributed by atoms with van der Waals surface area (Å²) >= 11 is 1.34. The summed E-state index contributed by atoms with van der Waals surface area (Å²) in [6.45, 7) is 1.83. The highest BCUT2D eigenvalue weighted by Crippen LogP contribution is 2.24. The zero-order valence-corrected chi connectivity index (χ0v) is 10.6. The number of carboxylic acids is 1. The molecule has 3 nitrogen and oxygen atoms in total. The van der Waals surface area contributed by atoms with E-state index in [2.05, 4.69) is 4.98 Å². The molecule has 1 atom stereocenters. The second kappa shape index (κ2) is 5.27. The van der Waals surface area contributed by atoms with E-state index in [1.807, 2.05) is 12.3 Å². The van der Waals surface area contributed by atoms with Crippen LogP contribution in [0, 0.1) is 12.7 Å². The minimum atomic E-state index is -0.909. The van der Waals surface area contributed by atoms with E-state index in [1.54, 1.807) is 12.1 Å². The zero-order valence-electron chi connectivity index (χ0n) is 9.76. The molecule has 18 heavy (non-hydrogen) atoms. The van der Waals surface area contributed by atoms with Crippen LogP contribution in [0.2, 0.25) is 0 Å². The van der Waals surface area contributed by atoms with Gasteiger partial charge >= 0.3 is 5.97 Å². The average molecular weight is 265 g/mol. The zero-order chi connectivity index (χ0) is 13.1. The van der Waals surface area contributed by atoms with Gasteiger partial charge in [0.15, 0.2) is 0 Å². The maximum absolute atomic E-state index is 12.8. The van der Waals surface area contributed by atoms with Crippen molar-refractivity contribution >= 4 is 17.3 Å². The third-order valence-corrected chi connectivity index (χ3v) is 3.66. The standard InChI is InChI=1S/C13H12FNO2S/c1-8-7-18-12(15-8)11(13(16)17)6-9-2-4-10(14)5-3-9/h2-5,7,11H,6H2,1H3,(H,16,17). The Morgan fingerprint density at radius 2 is 2.11 bits per heavy atom. The first-order valence-electron chi connectivity index (χ1n) is 5.45. The number of aromatic nitrogens is 1. The lowest BCUT2D eigenvalue weighted by atomic mass is 10.00. The van der Waals surface area contributed by atoms with E-state index in [4.69, 9.17) is 0 Å². The molecule has 0 saturated carbocycles. The Kier molecular flexibility index (Phi) is 3.72. The molecule has 0 aliphatic rings. The van der Waals surface area contributed by atoms with Crippen molar-refractivity contribution in [1.29, 1.82) is 0 Å². The summed E-state index contributed by atoms with van der Waals surface area (Å²) in [5.74, 6) is -1.90. The summed E-state index contributed by atoms with van der Waals surface area (Å²) in [6.07, 6.45) is 0.322. The van der Waals surface area contributed by atoms with Crippen molar-refractivity contribution in [3.63, 3.8) is 0 Å².